The summed E-state index contributed by atoms with van der Waals surface area (Å²) in [6.45, 7) is 4.03. The maximum atomic E-state index is 12.6. The van der Waals surface area contributed by atoms with Gasteiger partial charge in [-0.05, 0) is 49.4 Å². The van der Waals surface area contributed by atoms with Crippen LogP contribution in [0.25, 0.3) is 15.3 Å². The lowest BCUT2D eigenvalue weighted by Crippen LogP contribution is -2.32. The predicted octanol–water partition coefficient (Wildman–Crippen LogP) is 5.46. The average Bonchev–Trinajstić information content (AvgIpc) is 3.31. The van der Waals surface area contributed by atoms with E-state index >= 15 is 0 Å². The van der Waals surface area contributed by atoms with Crippen LogP contribution in [0.2, 0.25) is 0 Å². The average molecular weight is 389 g/mol. The van der Waals surface area contributed by atoms with Crippen molar-refractivity contribution in [2.45, 2.75) is 32.8 Å². The van der Waals surface area contributed by atoms with Crippen LogP contribution in [0.15, 0.2) is 35.7 Å². The number of carbonyl (C=O) groups excluding carboxylic acids is 1. The van der Waals surface area contributed by atoms with Crippen LogP contribution in [0.1, 0.15) is 48.0 Å². The molecule has 0 N–H and O–H groups in total. The Morgan fingerprint density at radius 3 is 2.77 bits per heavy atom. The number of rotatable bonds is 5. The van der Waals surface area contributed by atoms with Gasteiger partial charge >= 0.3 is 5.97 Å². The minimum absolute atomic E-state index is 0.221. The van der Waals surface area contributed by atoms with Gasteiger partial charge in [0.2, 0.25) is 0 Å². The van der Waals surface area contributed by atoms with Crippen LogP contribution in [-0.2, 0) is 14.2 Å². The normalized spacial score (nSPS) is 22.0. The van der Waals surface area contributed by atoms with Gasteiger partial charge in [-0.2, -0.15) is 0 Å². The van der Waals surface area contributed by atoms with Crippen molar-refractivity contribution in [1.29, 1.82) is 0 Å². The van der Waals surface area contributed by atoms with E-state index < -0.39 is 6.29 Å². The molecule has 26 heavy (non-hydrogen) atoms. The SMILES string of the molecule is CCOC(=O)c1cc(C2OC(C)O2)c(C2=CCCS2)cc1-c1cccs1. The minimum atomic E-state index is -0.437. The smallest absolute Gasteiger partial charge is 0.338 e. The highest BCUT2D eigenvalue weighted by molar-refractivity contribution is 8.08. The fraction of sp³-hybridized carbons (Fsp3) is 0.350. The third-order valence-electron chi connectivity index (χ3n) is 4.33. The molecule has 3 heterocycles. The largest absolute Gasteiger partial charge is 0.462 e. The van der Waals surface area contributed by atoms with Crippen LogP contribution >= 0.6 is 23.1 Å². The molecule has 0 spiro atoms. The molecule has 1 saturated heterocycles. The van der Waals surface area contributed by atoms with E-state index in [9.17, 15) is 4.79 Å². The topological polar surface area (TPSA) is 44.8 Å². The van der Waals surface area contributed by atoms with Crippen LogP contribution in [0.5, 0.6) is 0 Å². The number of hydrogen-bond donors (Lipinski definition) is 0. The van der Waals surface area contributed by atoms with Crippen LogP contribution < -0.4 is 0 Å². The number of esters is 1. The Morgan fingerprint density at radius 1 is 1.31 bits per heavy atom. The zero-order valence-corrected chi connectivity index (χ0v) is 16.3. The molecular formula is C20H20O4S2. The lowest BCUT2D eigenvalue weighted by atomic mass is 9.95. The van der Waals surface area contributed by atoms with Crippen molar-refractivity contribution in [3.8, 4) is 10.4 Å². The van der Waals surface area contributed by atoms with Crippen LogP contribution in [0, 0.1) is 0 Å². The number of hydrogen-bond acceptors (Lipinski definition) is 6. The molecule has 0 radical (unpaired) electrons. The highest BCUT2D eigenvalue weighted by Crippen LogP contribution is 2.44. The molecular weight excluding hydrogens is 368 g/mol. The van der Waals surface area contributed by atoms with Crippen LogP contribution in [0.4, 0.5) is 0 Å². The molecule has 1 aromatic carbocycles. The van der Waals surface area contributed by atoms with Gasteiger partial charge in [0.15, 0.2) is 12.6 Å². The molecule has 0 atom stereocenters. The van der Waals surface area contributed by atoms with Gasteiger partial charge in [-0.3, -0.25) is 0 Å². The van der Waals surface area contributed by atoms with Crippen molar-refractivity contribution in [1.82, 2.24) is 0 Å². The molecule has 4 nitrogen and oxygen atoms in total. The Balaban J connectivity index is 1.87. The fourth-order valence-electron chi connectivity index (χ4n) is 3.15. The number of thiophene rings is 1. The van der Waals surface area contributed by atoms with Crippen molar-refractivity contribution in [3.05, 3.63) is 52.4 Å². The first-order valence-corrected chi connectivity index (χ1v) is 10.6. The molecule has 0 bridgehead atoms. The van der Waals surface area contributed by atoms with E-state index in [2.05, 4.69) is 12.1 Å². The Labute approximate surface area is 161 Å². The molecule has 2 aromatic rings. The van der Waals surface area contributed by atoms with E-state index in [1.807, 2.05) is 49.2 Å². The second kappa shape index (κ2) is 7.56. The maximum Gasteiger partial charge on any atom is 0.338 e. The van der Waals surface area contributed by atoms with Crippen molar-refractivity contribution < 1.29 is 19.0 Å². The summed E-state index contributed by atoms with van der Waals surface area (Å²) in [6.07, 6.45) is 2.64. The Kier molecular flexibility index (Phi) is 5.18. The molecule has 1 aromatic heterocycles. The summed E-state index contributed by atoms with van der Waals surface area (Å²) in [5, 5.41) is 2.02. The van der Waals surface area contributed by atoms with Crippen LogP contribution in [-0.4, -0.2) is 24.6 Å². The Hall–Kier alpha value is -1.60. The molecule has 0 unspecified atom stereocenters. The molecule has 4 rings (SSSR count). The first kappa shape index (κ1) is 17.8. The Bertz CT molecular complexity index is 836. The number of benzene rings is 1. The summed E-state index contributed by atoms with van der Waals surface area (Å²) in [4.78, 5) is 14.9. The van der Waals surface area contributed by atoms with E-state index in [1.54, 1.807) is 11.3 Å². The number of carbonyl (C=O) groups is 1. The number of ether oxygens (including phenoxy) is 3. The molecule has 0 saturated carbocycles. The van der Waals surface area contributed by atoms with Gasteiger partial charge in [0, 0.05) is 26.7 Å². The summed E-state index contributed by atoms with van der Waals surface area (Å²) in [7, 11) is 0. The van der Waals surface area contributed by atoms with Gasteiger partial charge in [-0.15, -0.1) is 23.1 Å². The second-order valence-electron chi connectivity index (χ2n) is 6.06. The van der Waals surface area contributed by atoms with Gasteiger partial charge in [-0.1, -0.05) is 12.1 Å². The number of allylic oxidation sites excluding steroid dienone is 1. The van der Waals surface area contributed by atoms with Crippen molar-refractivity contribution in [2.24, 2.45) is 0 Å². The summed E-state index contributed by atoms with van der Waals surface area (Å²) in [5.41, 5.74) is 3.44. The lowest BCUT2D eigenvalue weighted by Gasteiger charge is -2.35. The fourth-order valence-corrected chi connectivity index (χ4v) is 4.93. The molecule has 6 heteroatoms. The van der Waals surface area contributed by atoms with Crippen molar-refractivity contribution >= 4 is 34.0 Å². The maximum absolute atomic E-state index is 12.6. The third kappa shape index (κ3) is 3.34. The molecule has 2 aliphatic rings. The first-order chi connectivity index (χ1) is 12.7. The number of thioether (sulfide) groups is 1. The standard InChI is InChI=1S/C20H20O4S2/c1-3-22-19(21)15-11-16(20-23-12(2)24-20)14(18-7-5-9-26-18)10-13(15)17-6-4-8-25-17/h4,6-8,10-12,20H,3,5,9H2,1-2H3. The van der Waals surface area contributed by atoms with Crippen molar-refractivity contribution in [2.75, 3.05) is 12.4 Å². The summed E-state index contributed by atoms with van der Waals surface area (Å²) < 4.78 is 16.8. The third-order valence-corrected chi connectivity index (χ3v) is 6.37. The van der Waals surface area contributed by atoms with Gasteiger partial charge < -0.3 is 14.2 Å². The zero-order valence-electron chi connectivity index (χ0n) is 14.7. The highest BCUT2D eigenvalue weighted by Gasteiger charge is 2.33. The monoisotopic (exact) mass is 388 g/mol. The van der Waals surface area contributed by atoms with Gasteiger partial charge in [0.1, 0.15) is 0 Å². The first-order valence-electron chi connectivity index (χ1n) is 8.70. The van der Waals surface area contributed by atoms with E-state index in [4.69, 9.17) is 14.2 Å². The molecule has 0 amide bonds. The summed E-state index contributed by atoms with van der Waals surface area (Å²) in [6, 6.07) is 8.00. The minimum Gasteiger partial charge on any atom is -0.462 e. The van der Waals surface area contributed by atoms with Gasteiger partial charge in [0.25, 0.3) is 0 Å². The Morgan fingerprint density at radius 2 is 2.15 bits per heavy atom. The highest BCUT2D eigenvalue weighted by atomic mass is 32.2. The molecule has 1 fully saturated rings. The van der Waals surface area contributed by atoms with Crippen LogP contribution in [0.3, 0.4) is 0 Å². The predicted molar refractivity (Wildman–Crippen MR) is 105 cm³/mol. The van der Waals surface area contributed by atoms with E-state index in [0.717, 1.165) is 33.7 Å². The zero-order chi connectivity index (χ0) is 18.1. The van der Waals surface area contributed by atoms with E-state index in [1.165, 1.54) is 4.91 Å². The molecule has 136 valence electrons. The van der Waals surface area contributed by atoms with Gasteiger partial charge in [0.05, 0.1) is 12.2 Å². The quantitative estimate of drug-likeness (QED) is 0.636. The molecule has 0 aliphatic carbocycles. The van der Waals surface area contributed by atoms with Crippen molar-refractivity contribution in [3.63, 3.8) is 0 Å². The summed E-state index contributed by atoms with van der Waals surface area (Å²) >= 11 is 3.44. The van der Waals surface area contributed by atoms with Gasteiger partial charge in [-0.25, -0.2) is 4.79 Å². The van der Waals surface area contributed by atoms with E-state index in [0.29, 0.717) is 12.2 Å². The lowest BCUT2D eigenvalue weighted by molar-refractivity contribution is -0.382. The second-order valence-corrected chi connectivity index (χ2v) is 8.14. The summed E-state index contributed by atoms with van der Waals surface area (Å²) in [5.74, 6) is 0.759. The van der Waals surface area contributed by atoms with E-state index in [-0.39, 0.29) is 12.3 Å². The molecule has 2 aliphatic heterocycles.